The predicted octanol–water partition coefficient (Wildman–Crippen LogP) is 4.86. The number of nitrogens with zero attached hydrogens (tertiary/aromatic N) is 5. The number of hydrogen-bond donors (Lipinski definition) is 0. The van der Waals surface area contributed by atoms with E-state index in [9.17, 15) is 10.1 Å². The SMILES string of the molecule is CC(C)CC(=O)N1CCC(Oc2ccc(-c3ccnc(Cc4ccc(N5CCOCC5)cc4)n3)cc2C#N)CC1. The molecule has 0 bridgehead atoms. The lowest BCUT2D eigenvalue weighted by Gasteiger charge is -2.32. The number of piperidine rings is 1. The Hall–Kier alpha value is -3.96. The fraction of sp³-hybridized carbons (Fsp3) is 0.438. The van der Waals surface area contributed by atoms with E-state index in [1.165, 1.54) is 5.69 Å². The maximum atomic E-state index is 12.4. The molecule has 1 amide bonds. The monoisotopic (exact) mass is 539 g/mol. The Morgan fingerprint density at radius 1 is 1.07 bits per heavy atom. The quantitative estimate of drug-likeness (QED) is 0.404. The molecule has 0 N–H and O–H groups in total. The largest absolute Gasteiger partial charge is 0.489 e. The van der Waals surface area contributed by atoms with Crippen LogP contribution >= 0.6 is 0 Å². The summed E-state index contributed by atoms with van der Waals surface area (Å²) in [5.41, 5.74) is 4.46. The predicted molar refractivity (Wildman–Crippen MR) is 154 cm³/mol. The number of ether oxygens (including phenoxy) is 2. The van der Waals surface area contributed by atoms with Gasteiger partial charge in [-0.2, -0.15) is 5.26 Å². The third-order valence-corrected chi connectivity index (χ3v) is 7.45. The third kappa shape index (κ3) is 6.97. The molecule has 8 heteroatoms. The van der Waals surface area contributed by atoms with Crippen molar-refractivity contribution in [2.45, 2.75) is 45.6 Å². The molecule has 0 aliphatic carbocycles. The van der Waals surface area contributed by atoms with E-state index in [0.29, 0.717) is 43.2 Å². The van der Waals surface area contributed by atoms with Gasteiger partial charge in [0.15, 0.2) is 0 Å². The van der Waals surface area contributed by atoms with Gasteiger partial charge in [0.05, 0.1) is 24.5 Å². The number of hydrogen-bond acceptors (Lipinski definition) is 7. The zero-order valence-electron chi connectivity index (χ0n) is 23.4. The Morgan fingerprint density at radius 3 is 2.52 bits per heavy atom. The van der Waals surface area contributed by atoms with Crippen molar-refractivity contribution in [3.05, 3.63) is 71.7 Å². The van der Waals surface area contributed by atoms with Crippen LogP contribution in [0.3, 0.4) is 0 Å². The highest BCUT2D eigenvalue weighted by Crippen LogP contribution is 2.28. The Labute approximate surface area is 236 Å². The molecule has 2 aliphatic heterocycles. The first-order valence-corrected chi connectivity index (χ1v) is 14.2. The molecule has 0 radical (unpaired) electrons. The van der Waals surface area contributed by atoms with E-state index in [1.807, 2.05) is 29.2 Å². The molecule has 208 valence electrons. The van der Waals surface area contributed by atoms with E-state index in [1.54, 1.807) is 6.20 Å². The van der Waals surface area contributed by atoms with Gasteiger partial charge in [0.1, 0.15) is 23.7 Å². The Kier molecular flexibility index (Phi) is 8.92. The summed E-state index contributed by atoms with van der Waals surface area (Å²) in [6.07, 6.45) is 4.49. The van der Waals surface area contributed by atoms with Gasteiger partial charge in [-0.3, -0.25) is 4.79 Å². The first-order valence-electron chi connectivity index (χ1n) is 14.2. The van der Waals surface area contributed by atoms with Crippen LogP contribution in [0.1, 0.15) is 50.1 Å². The van der Waals surface area contributed by atoms with Gasteiger partial charge in [0, 0.05) is 69.3 Å². The summed E-state index contributed by atoms with van der Waals surface area (Å²) in [6.45, 7) is 8.87. The van der Waals surface area contributed by atoms with E-state index in [4.69, 9.17) is 14.5 Å². The second-order valence-electron chi connectivity index (χ2n) is 10.9. The molecule has 2 aromatic carbocycles. The van der Waals surface area contributed by atoms with Crippen LogP contribution in [0.5, 0.6) is 5.75 Å². The van der Waals surface area contributed by atoms with Gasteiger partial charge in [0.25, 0.3) is 0 Å². The van der Waals surface area contributed by atoms with Crippen molar-refractivity contribution in [3.8, 4) is 23.1 Å². The topological polar surface area (TPSA) is 91.6 Å². The molecule has 2 fully saturated rings. The zero-order chi connectivity index (χ0) is 27.9. The summed E-state index contributed by atoms with van der Waals surface area (Å²) < 4.78 is 11.7. The molecule has 0 spiro atoms. The summed E-state index contributed by atoms with van der Waals surface area (Å²) in [4.78, 5) is 25.9. The lowest BCUT2D eigenvalue weighted by molar-refractivity contribution is -0.133. The summed E-state index contributed by atoms with van der Waals surface area (Å²) >= 11 is 0. The fourth-order valence-electron chi connectivity index (χ4n) is 5.23. The molecule has 8 nitrogen and oxygen atoms in total. The number of amides is 1. The maximum Gasteiger partial charge on any atom is 0.222 e. The normalized spacial score (nSPS) is 16.1. The van der Waals surface area contributed by atoms with Gasteiger partial charge in [-0.15, -0.1) is 0 Å². The van der Waals surface area contributed by atoms with Crippen molar-refractivity contribution in [1.29, 1.82) is 5.26 Å². The first-order chi connectivity index (χ1) is 19.5. The number of nitriles is 1. The van der Waals surface area contributed by atoms with Crippen molar-refractivity contribution < 1.29 is 14.3 Å². The van der Waals surface area contributed by atoms with Gasteiger partial charge < -0.3 is 19.3 Å². The van der Waals surface area contributed by atoms with Gasteiger partial charge in [-0.05, 0) is 47.9 Å². The van der Waals surface area contributed by atoms with E-state index >= 15 is 0 Å². The molecule has 3 heterocycles. The Bertz CT molecular complexity index is 1340. The average molecular weight is 540 g/mol. The van der Waals surface area contributed by atoms with Crippen molar-refractivity contribution in [2.24, 2.45) is 5.92 Å². The van der Waals surface area contributed by atoms with E-state index in [-0.39, 0.29) is 12.0 Å². The van der Waals surface area contributed by atoms with Crippen LogP contribution in [0.4, 0.5) is 5.69 Å². The maximum absolute atomic E-state index is 12.4. The van der Waals surface area contributed by atoms with Crippen LogP contribution in [0.15, 0.2) is 54.7 Å². The number of rotatable bonds is 8. The average Bonchev–Trinajstić information content (AvgIpc) is 2.98. The minimum atomic E-state index is -0.0127. The minimum absolute atomic E-state index is 0.0127. The molecule has 2 saturated heterocycles. The van der Waals surface area contributed by atoms with Crippen LogP contribution in [0, 0.1) is 17.2 Å². The second kappa shape index (κ2) is 12.9. The number of carbonyl (C=O) groups excluding carboxylic acids is 1. The molecule has 3 aromatic rings. The summed E-state index contributed by atoms with van der Waals surface area (Å²) in [6, 6.07) is 18.3. The van der Waals surface area contributed by atoms with Crippen LogP contribution < -0.4 is 9.64 Å². The molecule has 0 saturated carbocycles. The van der Waals surface area contributed by atoms with Crippen LogP contribution in [-0.2, 0) is 16.0 Å². The van der Waals surface area contributed by atoms with E-state index in [0.717, 1.165) is 61.8 Å². The van der Waals surface area contributed by atoms with Crippen molar-refractivity contribution in [1.82, 2.24) is 14.9 Å². The van der Waals surface area contributed by atoms with E-state index in [2.05, 4.69) is 54.1 Å². The van der Waals surface area contributed by atoms with Gasteiger partial charge in [-0.1, -0.05) is 26.0 Å². The zero-order valence-corrected chi connectivity index (χ0v) is 23.4. The number of benzene rings is 2. The van der Waals surface area contributed by atoms with Gasteiger partial charge in [-0.25, -0.2) is 9.97 Å². The molecule has 0 atom stereocenters. The number of likely N-dealkylation sites (tertiary alicyclic amines) is 1. The minimum Gasteiger partial charge on any atom is -0.489 e. The lowest BCUT2D eigenvalue weighted by Crippen LogP contribution is -2.42. The van der Waals surface area contributed by atoms with Crippen molar-refractivity contribution in [3.63, 3.8) is 0 Å². The first kappa shape index (κ1) is 27.6. The molecule has 5 rings (SSSR count). The molecule has 0 unspecified atom stereocenters. The van der Waals surface area contributed by atoms with Crippen LogP contribution in [0.2, 0.25) is 0 Å². The summed E-state index contributed by atoms with van der Waals surface area (Å²) in [7, 11) is 0. The fourth-order valence-corrected chi connectivity index (χ4v) is 5.23. The summed E-state index contributed by atoms with van der Waals surface area (Å²) in [5, 5.41) is 9.86. The number of carbonyl (C=O) groups is 1. The smallest absolute Gasteiger partial charge is 0.222 e. The van der Waals surface area contributed by atoms with Gasteiger partial charge >= 0.3 is 0 Å². The highest BCUT2D eigenvalue weighted by molar-refractivity contribution is 5.76. The molecule has 2 aliphatic rings. The van der Waals surface area contributed by atoms with Gasteiger partial charge in [0.2, 0.25) is 5.91 Å². The molecular weight excluding hydrogens is 502 g/mol. The van der Waals surface area contributed by atoms with E-state index < -0.39 is 0 Å². The van der Waals surface area contributed by atoms with Crippen LogP contribution in [0.25, 0.3) is 11.3 Å². The molecule has 1 aromatic heterocycles. The lowest BCUT2D eigenvalue weighted by atomic mass is 10.0. The summed E-state index contributed by atoms with van der Waals surface area (Å²) in [5.74, 6) is 1.88. The van der Waals surface area contributed by atoms with Crippen molar-refractivity contribution in [2.75, 3.05) is 44.3 Å². The Morgan fingerprint density at radius 2 is 1.82 bits per heavy atom. The third-order valence-electron chi connectivity index (χ3n) is 7.45. The number of anilines is 1. The van der Waals surface area contributed by atoms with Crippen LogP contribution in [-0.4, -0.2) is 66.3 Å². The molecular formula is C32H37N5O3. The number of aromatic nitrogens is 2. The van der Waals surface area contributed by atoms with Crippen molar-refractivity contribution >= 4 is 11.6 Å². The number of morpholine rings is 1. The highest BCUT2D eigenvalue weighted by atomic mass is 16.5. The highest BCUT2D eigenvalue weighted by Gasteiger charge is 2.25. The molecule has 40 heavy (non-hydrogen) atoms. The second-order valence-corrected chi connectivity index (χ2v) is 10.9. The standard InChI is InChI=1S/C32H37N5O3/c1-23(2)19-32(38)37-13-10-28(11-14-37)40-30-8-5-25(21-26(30)22-33)29-9-12-34-31(35-29)20-24-3-6-27(7-4-24)36-15-17-39-18-16-36/h3-9,12,21,23,28H,10-11,13-20H2,1-2H3. The Balaban J connectivity index is 1.21.